The summed E-state index contributed by atoms with van der Waals surface area (Å²) in [6, 6.07) is 13.2. The molecule has 0 atom stereocenters. The SMILES string of the molecule is C.C=C(C)CCl.C=C(C)COC(=O)c1cc(F)cc(O)c1CC(=C)C.C=C(C)COC(=O)c1cc(F)cc(OCC(=C)C)c1.CC1(C)Cc2c(cc(F)cc2C(=O)O)O1.COC(=O)c1cc(F)cc2c1CC(C)(C)O2.O=C(O)c1cc(O)cc(F)c1.O=CO[O-].[AlH3].[H-].[H-].[K+].[K+].[Li+]. The zero-order valence-electron chi connectivity index (χ0n) is 55.8. The topological polar surface area (TPSA) is 271 Å². The summed E-state index contributed by atoms with van der Waals surface area (Å²) in [7, 11) is 1.28. The van der Waals surface area contributed by atoms with Gasteiger partial charge in [-0.25, -0.2) is 45.9 Å². The van der Waals surface area contributed by atoms with Gasteiger partial charge in [0.05, 0.1) is 34.9 Å². The molecule has 0 spiro atoms. The molecule has 4 N–H and O–H groups in total. The van der Waals surface area contributed by atoms with Crippen LogP contribution in [-0.2, 0) is 43.2 Å². The van der Waals surface area contributed by atoms with E-state index in [1.165, 1.54) is 37.4 Å². The van der Waals surface area contributed by atoms with Gasteiger partial charge in [0.15, 0.2) is 17.4 Å². The first-order chi connectivity index (χ1) is 41.3. The molecule has 0 saturated carbocycles. The van der Waals surface area contributed by atoms with E-state index in [2.05, 4.69) is 42.5 Å². The number of methoxy groups -OCH3 is 1. The number of hydrogen-bond acceptors (Lipinski definition) is 16. The molecule has 5 aromatic carbocycles. The van der Waals surface area contributed by atoms with E-state index in [1.807, 2.05) is 34.6 Å². The summed E-state index contributed by atoms with van der Waals surface area (Å²) in [4.78, 5) is 67.4. The molecule has 7 rings (SSSR count). The van der Waals surface area contributed by atoms with Crippen LogP contribution in [0.2, 0.25) is 0 Å². The maximum atomic E-state index is 13.4. The molecule has 2 aliphatic rings. The van der Waals surface area contributed by atoms with E-state index in [0.717, 1.165) is 64.7 Å². The summed E-state index contributed by atoms with van der Waals surface area (Å²) in [5.41, 5.74) is 4.82. The van der Waals surface area contributed by atoms with E-state index in [1.54, 1.807) is 27.7 Å². The number of halogens is 6. The van der Waals surface area contributed by atoms with Gasteiger partial charge in [-0.15, -0.1) is 11.6 Å². The number of phenols is 2. The van der Waals surface area contributed by atoms with E-state index in [0.29, 0.717) is 52.5 Å². The van der Waals surface area contributed by atoms with Crippen LogP contribution in [0.1, 0.15) is 141 Å². The van der Waals surface area contributed by atoms with Gasteiger partial charge in [0.2, 0.25) is 0 Å². The molecule has 0 bridgehead atoms. The van der Waals surface area contributed by atoms with Crippen LogP contribution in [0.15, 0.2) is 134 Å². The van der Waals surface area contributed by atoms with Gasteiger partial charge in [0.1, 0.15) is 88.9 Å². The fraction of sp³-hybridized carbons (Fsp3) is 0.303. The number of benzene rings is 5. The van der Waals surface area contributed by atoms with Gasteiger partial charge in [0, 0.05) is 65.7 Å². The second-order valence-electron chi connectivity index (χ2n) is 21.1. The molecule has 0 fully saturated rings. The van der Waals surface area contributed by atoms with Crippen molar-refractivity contribution in [2.75, 3.05) is 32.8 Å². The number of phenolic OH excluding ortho intramolecular Hbond substituents is 2. The average Bonchev–Trinajstić information content (AvgIpc) is 1.63. The van der Waals surface area contributed by atoms with Crippen molar-refractivity contribution in [3.63, 3.8) is 0 Å². The van der Waals surface area contributed by atoms with Gasteiger partial charge in [-0.05, 0) is 128 Å². The fourth-order valence-electron chi connectivity index (χ4n) is 7.27. The summed E-state index contributed by atoms with van der Waals surface area (Å²) in [5, 5.41) is 44.2. The minimum absolute atomic E-state index is 0. The zero-order valence-corrected chi connectivity index (χ0v) is 60.8. The molecule has 28 heteroatoms. The summed E-state index contributed by atoms with van der Waals surface area (Å²) in [6.07, 6.45) is 1.35. The Kier molecular flexibility index (Phi) is 49.6. The summed E-state index contributed by atoms with van der Waals surface area (Å²) in [5.74, 6) is -6.31. The molecule has 5 aromatic rings. The molecule has 0 radical (unpaired) electrons. The zero-order chi connectivity index (χ0) is 68.3. The van der Waals surface area contributed by atoms with Gasteiger partial charge >= 0.3 is 151 Å². The summed E-state index contributed by atoms with van der Waals surface area (Å²) >= 11 is 5.24. The van der Waals surface area contributed by atoms with Gasteiger partial charge in [-0.3, -0.25) is 4.79 Å². The molecule has 0 saturated heterocycles. The molecule has 18 nitrogen and oxygen atoms in total. The Morgan fingerprint density at radius 2 is 1.00 bits per heavy atom. The molecule has 2 aliphatic heterocycles. The molecular formula is C66H80AlClF5K2LiO18. The van der Waals surface area contributed by atoms with Crippen molar-refractivity contribution in [3.05, 3.63) is 207 Å². The van der Waals surface area contributed by atoms with Crippen molar-refractivity contribution >= 4 is 65.3 Å². The van der Waals surface area contributed by atoms with Gasteiger partial charge in [-0.1, -0.05) is 51.5 Å². The van der Waals surface area contributed by atoms with Crippen LogP contribution >= 0.6 is 11.6 Å². The maximum absolute atomic E-state index is 13.4. The molecule has 2 heterocycles. The molecule has 0 amide bonds. The van der Waals surface area contributed by atoms with Crippen LogP contribution in [-0.4, -0.2) is 118 Å². The number of allylic oxidation sites excluding steroid dienone is 2. The molecule has 0 aromatic heterocycles. The number of carboxylic acid groups (broad SMARTS) is 2. The Hall–Kier alpha value is -5.08. The van der Waals surface area contributed by atoms with Gasteiger partial charge < -0.3 is 61.8 Å². The smallest absolute Gasteiger partial charge is 1.00 e. The van der Waals surface area contributed by atoms with Crippen LogP contribution in [0.3, 0.4) is 0 Å². The predicted molar refractivity (Wildman–Crippen MR) is 338 cm³/mol. The number of ether oxygens (including phenoxy) is 6. The number of carbonyl (C=O) groups is 6. The first-order valence-electron chi connectivity index (χ1n) is 26.2. The normalized spacial score (nSPS) is 11.3. The quantitative estimate of drug-likeness (QED) is 0.0126. The third-order valence-electron chi connectivity index (χ3n) is 10.7. The third kappa shape index (κ3) is 37.4. The van der Waals surface area contributed by atoms with Crippen molar-refractivity contribution in [2.24, 2.45) is 0 Å². The van der Waals surface area contributed by atoms with Crippen LogP contribution in [0.5, 0.6) is 28.7 Å². The van der Waals surface area contributed by atoms with E-state index in [-0.39, 0.29) is 227 Å². The van der Waals surface area contributed by atoms with Crippen molar-refractivity contribution in [3.8, 4) is 28.7 Å². The van der Waals surface area contributed by atoms with Crippen molar-refractivity contribution < 1.29 is 234 Å². The Balaban J connectivity index is -0.000000197. The minimum atomic E-state index is -1.26. The Labute approximate surface area is 660 Å². The maximum Gasteiger partial charge on any atom is 1.00 e. The average molecular weight is 1400 g/mol. The van der Waals surface area contributed by atoms with E-state index >= 15 is 0 Å². The van der Waals surface area contributed by atoms with E-state index in [9.17, 15) is 51.0 Å². The first-order valence-corrected chi connectivity index (χ1v) is 26.7. The number of rotatable bonds is 16. The number of alkyl halides is 1. The molecular weight excluding hydrogens is 1320 g/mol. The van der Waals surface area contributed by atoms with Crippen LogP contribution in [0, 0.1) is 29.1 Å². The second kappa shape index (κ2) is 47.8. The van der Waals surface area contributed by atoms with Crippen molar-refractivity contribution in [2.45, 2.75) is 100 Å². The largest absolute Gasteiger partial charge is 1.00 e. The predicted octanol–water partition coefficient (Wildman–Crippen LogP) is 3.61. The van der Waals surface area contributed by atoms with E-state index in [4.69, 9.17) is 60.7 Å². The van der Waals surface area contributed by atoms with Crippen LogP contribution in [0.25, 0.3) is 0 Å². The summed E-state index contributed by atoms with van der Waals surface area (Å²) in [6.45, 7) is 34.8. The van der Waals surface area contributed by atoms with Crippen LogP contribution < -0.4 is 141 Å². The van der Waals surface area contributed by atoms with Gasteiger partial charge in [-0.2, -0.15) is 0 Å². The number of carbonyl (C=O) groups excluding carboxylic acids is 4. The van der Waals surface area contributed by atoms with Crippen molar-refractivity contribution in [1.29, 1.82) is 0 Å². The van der Waals surface area contributed by atoms with Crippen LogP contribution in [0.4, 0.5) is 22.0 Å². The monoisotopic (exact) mass is 1400 g/mol. The van der Waals surface area contributed by atoms with E-state index < -0.39 is 70.1 Å². The molecule has 500 valence electrons. The van der Waals surface area contributed by atoms with Crippen molar-refractivity contribution in [1.82, 2.24) is 0 Å². The molecule has 94 heavy (non-hydrogen) atoms. The second-order valence-corrected chi connectivity index (χ2v) is 21.4. The number of carboxylic acids is 2. The number of aromatic carboxylic acids is 2. The molecule has 0 aliphatic carbocycles. The standard InChI is InChI=1S/2C15H17FO3.C12H13FO3.C11H11FO3.C7H5FO3.C4H7Cl.CH2O3.CH4.Al.2K.Li.5H/c1-10(2)8-18-14-6-12(5-13(16)7-14)15(17)19-9-11(3)4;1-9(2)5-12-13(6-11(16)7-14(12)17)15(18)19-8-10(3)4;1-12(2)6-9-8(11(14)15-3)4-7(13)5-10(9)16-12;1-11(2)5-8-7(10(13)14)3-6(12)4-9(8)15-11;8-5-1-4(7(10)11)2-6(9)3-5;1-4(2)3-5;2-1-4-3;;;;;;;;;;/h5-7H,1,3,8-9H2,2,4H3;6-7,17H,1,3,5,8H2,2,4H3;4-5H,6H2,1-3H3;3-4H,5H2,1-2H3,(H,13,14);1-3,9H,(H,10,11);1,3H2,2H3;1,3H;1H4;;;;;;;;;/q;;;;;;;;;3*+1;;;;2*-1/p-1. The van der Waals surface area contributed by atoms with Gasteiger partial charge in [0.25, 0.3) is 6.47 Å². The third-order valence-corrected chi connectivity index (χ3v) is 11.2. The first kappa shape index (κ1) is 97.6. The number of aromatic hydroxyl groups is 2. The Bertz CT molecular complexity index is 3430. The number of esters is 3. The molecule has 0 unspecified atom stereocenters. The Morgan fingerprint density at radius 1 is 0.596 bits per heavy atom. The summed E-state index contributed by atoms with van der Waals surface area (Å²) < 4.78 is 96.3. The number of hydrogen-bond donors (Lipinski definition) is 4. The Morgan fingerprint density at radius 3 is 1.40 bits per heavy atom. The number of fused-ring (bicyclic) bond motifs is 2. The minimum Gasteiger partial charge on any atom is -1.00 e. The fourth-order valence-corrected chi connectivity index (χ4v) is 7.27.